The first kappa shape index (κ1) is 17.5. The fourth-order valence-corrected chi connectivity index (χ4v) is 2.26. The van der Waals surface area contributed by atoms with E-state index in [1.807, 2.05) is 30.3 Å². The minimum atomic E-state index is -1.08. The topological polar surface area (TPSA) is 98.7 Å². The van der Waals surface area contributed by atoms with Crippen molar-refractivity contribution in [3.8, 4) is 5.75 Å². The normalized spacial score (nSPS) is 11.7. The van der Waals surface area contributed by atoms with Gasteiger partial charge in [0.05, 0.1) is 6.42 Å². The van der Waals surface area contributed by atoms with Gasteiger partial charge < -0.3 is 15.5 Å². The van der Waals surface area contributed by atoms with Crippen molar-refractivity contribution < 1.29 is 19.8 Å². The minimum absolute atomic E-state index is 0.110. The SMILES string of the molecule is Cc1cc(O)ccc1NC(=O)C[C@@H](NCc1ccccc1)C(=O)O. The van der Waals surface area contributed by atoms with Gasteiger partial charge in [0.15, 0.2) is 0 Å². The van der Waals surface area contributed by atoms with Crippen LogP contribution in [-0.2, 0) is 16.1 Å². The number of benzene rings is 2. The summed E-state index contributed by atoms with van der Waals surface area (Å²) < 4.78 is 0. The molecule has 0 bridgehead atoms. The molecule has 0 aliphatic carbocycles. The fourth-order valence-electron chi connectivity index (χ4n) is 2.26. The first-order valence-electron chi connectivity index (χ1n) is 7.55. The van der Waals surface area contributed by atoms with Crippen LogP contribution in [0.15, 0.2) is 48.5 Å². The molecule has 0 spiro atoms. The van der Waals surface area contributed by atoms with Crippen LogP contribution >= 0.6 is 0 Å². The molecule has 4 N–H and O–H groups in total. The second-order valence-electron chi connectivity index (χ2n) is 5.51. The van der Waals surface area contributed by atoms with Gasteiger partial charge in [0.2, 0.25) is 5.91 Å². The zero-order valence-corrected chi connectivity index (χ0v) is 13.3. The third kappa shape index (κ3) is 5.10. The molecular formula is C18H20N2O4. The predicted molar refractivity (Wildman–Crippen MR) is 90.8 cm³/mol. The van der Waals surface area contributed by atoms with Crippen molar-refractivity contribution in [1.82, 2.24) is 5.32 Å². The van der Waals surface area contributed by atoms with Gasteiger partial charge in [-0.05, 0) is 36.2 Å². The Labute approximate surface area is 140 Å². The number of carbonyl (C=O) groups is 2. The molecule has 2 aromatic carbocycles. The van der Waals surface area contributed by atoms with Gasteiger partial charge in [-0.3, -0.25) is 14.9 Å². The molecule has 1 amide bonds. The Morgan fingerprint density at radius 1 is 1.12 bits per heavy atom. The number of anilines is 1. The maximum Gasteiger partial charge on any atom is 0.321 e. The first-order valence-corrected chi connectivity index (χ1v) is 7.55. The molecule has 126 valence electrons. The van der Waals surface area contributed by atoms with E-state index in [-0.39, 0.29) is 12.2 Å². The van der Waals surface area contributed by atoms with Gasteiger partial charge in [0, 0.05) is 12.2 Å². The van der Waals surface area contributed by atoms with E-state index in [0.717, 1.165) is 5.56 Å². The van der Waals surface area contributed by atoms with Crippen molar-refractivity contribution in [3.63, 3.8) is 0 Å². The van der Waals surface area contributed by atoms with Crippen molar-refractivity contribution in [1.29, 1.82) is 0 Å². The maximum atomic E-state index is 12.1. The highest BCUT2D eigenvalue weighted by Gasteiger charge is 2.21. The van der Waals surface area contributed by atoms with Crippen LogP contribution in [0.3, 0.4) is 0 Å². The number of hydrogen-bond donors (Lipinski definition) is 4. The average molecular weight is 328 g/mol. The molecule has 24 heavy (non-hydrogen) atoms. The van der Waals surface area contributed by atoms with E-state index in [2.05, 4.69) is 10.6 Å². The number of carboxylic acid groups (broad SMARTS) is 1. The highest BCUT2D eigenvalue weighted by Crippen LogP contribution is 2.20. The van der Waals surface area contributed by atoms with Crippen LogP contribution in [0.1, 0.15) is 17.5 Å². The molecule has 1 atom stereocenters. The average Bonchev–Trinajstić information content (AvgIpc) is 2.55. The van der Waals surface area contributed by atoms with E-state index < -0.39 is 17.9 Å². The number of aliphatic carboxylic acids is 1. The molecule has 0 heterocycles. The van der Waals surface area contributed by atoms with Crippen LogP contribution in [0.25, 0.3) is 0 Å². The summed E-state index contributed by atoms with van der Waals surface area (Å²) in [6.07, 6.45) is -0.192. The summed E-state index contributed by atoms with van der Waals surface area (Å²) in [5.41, 5.74) is 2.19. The number of phenols is 1. The Kier molecular flexibility index (Phi) is 5.92. The summed E-state index contributed by atoms with van der Waals surface area (Å²) in [5, 5.41) is 24.2. The highest BCUT2D eigenvalue weighted by atomic mass is 16.4. The number of rotatable bonds is 7. The molecule has 0 aliphatic rings. The molecular weight excluding hydrogens is 308 g/mol. The molecule has 0 saturated heterocycles. The van der Waals surface area contributed by atoms with Gasteiger partial charge in [0.1, 0.15) is 11.8 Å². The molecule has 2 aromatic rings. The minimum Gasteiger partial charge on any atom is -0.508 e. The number of nitrogens with one attached hydrogen (secondary N) is 2. The zero-order valence-electron chi connectivity index (χ0n) is 13.3. The number of phenolic OH excluding ortho intramolecular Hbond substituents is 1. The van der Waals surface area contributed by atoms with Crippen molar-refractivity contribution in [2.45, 2.75) is 25.9 Å². The summed E-state index contributed by atoms with van der Waals surface area (Å²) in [5.74, 6) is -1.38. The number of amides is 1. The van der Waals surface area contributed by atoms with Gasteiger partial charge in [-0.15, -0.1) is 0 Å². The third-order valence-corrected chi connectivity index (χ3v) is 3.57. The van der Waals surface area contributed by atoms with Crippen molar-refractivity contribution in [2.75, 3.05) is 5.32 Å². The molecule has 0 fully saturated rings. The smallest absolute Gasteiger partial charge is 0.321 e. The highest BCUT2D eigenvalue weighted by molar-refractivity contribution is 5.94. The van der Waals surface area contributed by atoms with Crippen molar-refractivity contribution in [2.24, 2.45) is 0 Å². The summed E-state index contributed by atoms with van der Waals surface area (Å²) in [7, 11) is 0. The fraction of sp³-hybridized carbons (Fsp3) is 0.222. The number of aromatic hydroxyl groups is 1. The van der Waals surface area contributed by atoms with Gasteiger partial charge in [-0.1, -0.05) is 30.3 Å². The largest absolute Gasteiger partial charge is 0.508 e. The number of hydrogen-bond acceptors (Lipinski definition) is 4. The number of carbonyl (C=O) groups excluding carboxylic acids is 1. The Hall–Kier alpha value is -2.86. The van der Waals surface area contributed by atoms with Gasteiger partial charge in [-0.2, -0.15) is 0 Å². The van der Waals surface area contributed by atoms with Crippen LogP contribution in [0.2, 0.25) is 0 Å². The van der Waals surface area contributed by atoms with Crippen LogP contribution in [-0.4, -0.2) is 28.1 Å². The summed E-state index contributed by atoms with van der Waals surface area (Å²) >= 11 is 0. The lowest BCUT2D eigenvalue weighted by atomic mass is 10.1. The third-order valence-electron chi connectivity index (χ3n) is 3.57. The van der Waals surface area contributed by atoms with Gasteiger partial charge >= 0.3 is 5.97 Å². The Balaban J connectivity index is 1.94. The standard InChI is InChI=1S/C18H20N2O4/c1-12-9-14(21)7-8-15(12)20-17(22)10-16(18(23)24)19-11-13-5-3-2-4-6-13/h2-9,16,19,21H,10-11H2,1H3,(H,20,22)(H,23,24)/t16-/m1/s1. The quantitative estimate of drug-likeness (QED) is 0.585. The molecule has 0 unspecified atom stereocenters. The summed E-state index contributed by atoms with van der Waals surface area (Å²) in [4.78, 5) is 23.4. The van der Waals surface area contributed by atoms with E-state index in [1.54, 1.807) is 13.0 Å². The van der Waals surface area contributed by atoms with Crippen LogP contribution in [0.4, 0.5) is 5.69 Å². The molecule has 0 saturated carbocycles. The van der Waals surface area contributed by atoms with Crippen LogP contribution in [0.5, 0.6) is 5.75 Å². The van der Waals surface area contributed by atoms with E-state index in [1.165, 1.54) is 12.1 Å². The monoisotopic (exact) mass is 328 g/mol. The molecule has 6 nitrogen and oxygen atoms in total. The maximum absolute atomic E-state index is 12.1. The number of carboxylic acids is 1. The van der Waals surface area contributed by atoms with E-state index >= 15 is 0 Å². The van der Waals surface area contributed by atoms with E-state index in [4.69, 9.17) is 0 Å². The first-order chi connectivity index (χ1) is 11.5. The lowest BCUT2D eigenvalue weighted by Crippen LogP contribution is -2.39. The molecule has 0 aromatic heterocycles. The zero-order chi connectivity index (χ0) is 17.5. The summed E-state index contributed by atoms with van der Waals surface area (Å²) in [6.45, 7) is 2.11. The van der Waals surface area contributed by atoms with Gasteiger partial charge in [0.25, 0.3) is 0 Å². The van der Waals surface area contributed by atoms with Crippen LogP contribution < -0.4 is 10.6 Å². The molecule has 6 heteroatoms. The predicted octanol–water partition coefficient (Wildman–Crippen LogP) is 2.27. The molecule has 0 radical (unpaired) electrons. The van der Waals surface area contributed by atoms with Crippen LogP contribution in [0, 0.1) is 6.92 Å². The Bertz CT molecular complexity index is 716. The van der Waals surface area contributed by atoms with E-state index in [0.29, 0.717) is 17.8 Å². The molecule has 2 rings (SSSR count). The van der Waals surface area contributed by atoms with Gasteiger partial charge in [-0.25, -0.2) is 0 Å². The lowest BCUT2D eigenvalue weighted by molar-refractivity contribution is -0.141. The summed E-state index contributed by atoms with van der Waals surface area (Å²) in [6, 6.07) is 13.0. The Morgan fingerprint density at radius 3 is 2.46 bits per heavy atom. The second-order valence-corrected chi connectivity index (χ2v) is 5.51. The second kappa shape index (κ2) is 8.12. The van der Waals surface area contributed by atoms with Crippen molar-refractivity contribution >= 4 is 17.6 Å². The Morgan fingerprint density at radius 2 is 1.83 bits per heavy atom. The number of aryl methyl sites for hydroxylation is 1. The lowest BCUT2D eigenvalue weighted by Gasteiger charge is -2.15. The van der Waals surface area contributed by atoms with Crippen molar-refractivity contribution in [3.05, 3.63) is 59.7 Å². The molecule has 0 aliphatic heterocycles. The van der Waals surface area contributed by atoms with E-state index in [9.17, 15) is 19.8 Å².